The zero-order chi connectivity index (χ0) is 24.4. The lowest BCUT2D eigenvalue weighted by molar-refractivity contribution is -0.150. The summed E-state index contributed by atoms with van der Waals surface area (Å²) in [5.74, 6) is -6.10. The van der Waals surface area contributed by atoms with Crippen molar-refractivity contribution in [3.8, 4) is 0 Å². The molecule has 0 radical (unpaired) electrons. The summed E-state index contributed by atoms with van der Waals surface area (Å²) < 4.78 is 0. The van der Waals surface area contributed by atoms with E-state index in [1.165, 1.54) is 0 Å². The van der Waals surface area contributed by atoms with Gasteiger partial charge in [-0.25, -0.2) is 4.79 Å². The summed E-state index contributed by atoms with van der Waals surface area (Å²) in [6.45, 7) is 0.153. The summed E-state index contributed by atoms with van der Waals surface area (Å²) in [6.07, 6.45) is -0.559. The molecular formula is C18H28N4O9S. The predicted molar refractivity (Wildman–Crippen MR) is 112 cm³/mol. The Morgan fingerprint density at radius 3 is 2.03 bits per heavy atom. The lowest BCUT2D eigenvalue weighted by Gasteiger charge is -2.28. The maximum atomic E-state index is 12.9. The number of nitrogens with zero attached hydrogens (tertiary/aromatic N) is 1. The molecule has 0 bridgehead atoms. The van der Waals surface area contributed by atoms with E-state index in [0.29, 0.717) is 6.42 Å². The van der Waals surface area contributed by atoms with Crippen LogP contribution in [0.5, 0.6) is 0 Å². The van der Waals surface area contributed by atoms with Gasteiger partial charge in [-0.05, 0) is 25.7 Å². The van der Waals surface area contributed by atoms with Gasteiger partial charge in [0.1, 0.15) is 18.1 Å². The van der Waals surface area contributed by atoms with Crippen molar-refractivity contribution in [2.24, 2.45) is 5.73 Å². The molecule has 180 valence electrons. The Morgan fingerprint density at radius 2 is 1.50 bits per heavy atom. The number of carboxylic acids is 3. The molecular weight excluding hydrogens is 448 g/mol. The van der Waals surface area contributed by atoms with Crippen molar-refractivity contribution in [2.45, 2.75) is 62.7 Å². The quantitative estimate of drug-likeness (QED) is 0.145. The molecule has 0 aromatic heterocycles. The molecule has 1 aliphatic heterocycles. The van der Waals surface area contributed by atoms with Crippen molar-refractivity contribution in [1.29, 1.82) is 0 Å². The number of nitrogens with two attached hydrogens (primary N) is 1. The highest BCUT2D eigenvalue weighted by molar-refractivity contribution is 7.80. The molecule has 1 heterocycles. The molecule has 4 atom stereocenters. The third-order valence-corrected chi connectivity index (χ3v) is 5.27. The van der Waals surface area contributed by atoms with Crippen LogP contribution in [0.4, 0.5) is 0 Å². The highest BCUT2D eigenvalue weighted by Crippen LogP contribution is 2.19. The number of hydrogen-bond acceptors (Lipinski definition) is 8. The van der Waals surface area contributed by atoms with E-state index < -0.39 is 66.2 Å². The third kappa shape index (κ3) is 8.34. The van der Waals surface area contributed by atoms with Gasteiger partial charge < -0.3 is 36.6 Å². The second kappa shape index (κ2) is 12.9. The maximum Gasteiger partial charge on any atom is 0.326 e. The van der Waals surface area contributed by atoms with E-state index in [9.17, 15) is 33.9 Å². The molecule has 14 heteroatoms. The molecule has 0 aliphatic carbocycles. The zero-order valence-electron chi connectivity index (χ0n) is 17.2. The number of carbonyl (C=O) groups is 6. The Balaban J connectivity index is 2.87. The number of aliphatic carboxylic acids is 3. The minimum absolute atomic E-state index is 0.153. The van der Waals surface area contributed by atoms with Crippen LogP contribution in [0.2, 0.25) is 0 Å². The van der Waals surface area contributed by atoms with Gasteiger partial charge in [-0.3, -0.25) is 24.0 Å². The summed E-state index contributed by atoms with van der Waals surface area (Å²) >= 11 is 3.99. The molecule has 0 aromatic rings. The zero-order valence-corrected chi connectivity index (χ0v) is 18.1. The Hall–Kier alpha value is -2.87. The van der Waals surface area contributed by atoms with Crippen LogP contribution in [0, 0.1) is 0 Å². The van der Waals surface area contributed by atoms with Crippen LogP contribution in [0.15, 0.2) is 0 Å². The first-order valence-corrected chi connectivity index (χ1v) is 10.5. The van der Waals surface area contributed by atoms with Gasteiger partial charge in [0.15, 0.2) is 0 Å². The number of likely N-dealkylation sites (tertiary alicyclic amines) is 1. The van der Waals surface area contributed by atoms with Crippen LogP contribution in [-0.4, -0.2) is 92.3 Å². The second-order valence-electron chi connectivity index (χ2n) is 7.30. The van der Waals surface area contributed by atoms with Crippen LogP contribution < -0.4 is 16.4 Å². The summed E-state index contributed by atoms with van der Waals surface area (Å²) in [6, 6.07) is -4.82. The normalized spacial score (nSPS) is 18.3. The highest BCUT2D eigenvalue weighted by Gasteiger charge is 2.38. The van der Waals surface area contributed by atoms with Gasteiger partial charge in [0.25, 0.3) is 0 Å². The predicted octanol–water partition coefficient (Wildman–Crippen LogP) is -1.98. The molecule has 0 saturated carbocycles. The highest BCUT2D eigenvalue weighted by atomic mass is 32.1. The molecule has 1 aliphatic rings. The van der Waals surface area contributed by atoms with Gasteiger partial charge in [0, 0.05) is 25.1 Å². The lowest BCUT2D eigenvalue weighted by Crippen LogP contribution is -2.57. The van der Waals surface area contributed by atoms with Crippen LogP contribution >= 0.6 is 12.6 Å². The molecule has 0 spiro atoms. The number of hydrogen-bond donors (Lipinski definition) is 7. The maximum absolute atomic E-state index is 12.9. The molecule has 32 heavy (non-hydrogen) atoms. The second-order valence-corrected chi connectivity index (χ2v) is 7.67. The van der Waals surface area contributed by atoms with Crippen molar-refractivity contribution in [3.63, 3.8) is 0 Å². The summed E-state index contributed by atoms with van der Waals surface area (Å²) in [5.41, 5.74) is 5.61. The average molecular weight is 477 g/mol. The molecule has 0 aromatic carbocycles. The topological polar surface area (TPSA) is 216 Å². The number of carbonyl (C=O) groups excluding carboxylic acids is 3. The molecule has 1 fully saturated rings. The Labute approximate surface area is 189 Å². The van der Waals surface area contributed by atoms with Gasteiger partial charge in [-0.15, -0.1) is 0 Å². The lowest BCUT2D eigenvalue weighted by atomic mass is 10.1. The Kier molecular flexibility index (Phi) is 10.9. The Morgan fingerprint density at radius 1 is 0.938 bits per heavy atom. The number of nitrogens with one attached hydrogen (secondary N) is 2. The molecule has 3 amide bonds. The number of carboxylic acid groups (broad SMARTS) is 3. The summed E-state index contributed by atoms with van der Waals surface area (Å²) in [5, 5.41) is 31.6. The van der Waals surface area contributed by atoms with E-state index in [0.717, 1.165) is 4.90 Å². The SMILES string of the molecule is NC(CCC(=O)O)C(=O)NC(CS)C(=O)NC(CCC(=O)O)C(=O)N1CCCC1C(=O)O. The van der Waals surface area contributed by atoms with Gasteiger partial charge in [0.05, 0.1) is 6.04 Å². The van der Waals surface area contributed by atoms with E-state index >= 15 is 0 Å². The standard InChI is InChI=1S/C18H28N4O9S/c19-9(3-5-13(23)24)15(27)21-11(8-32)16(28)20-10(4-6-14(25)26)17(29)22-7-1-2-12(22)18(30)31/h9-12,32H,1-8,19H2,(H,20,28)(H,21,27)(H,23,24)(H,25,26)(H,30,31). The number of thiol groups is 1. The van der Waals surface area contributed by atoms with Crippen molar-refractivity contribution in [2.75, 3.05) is 12.3 Å². The van der Waals surface area contributed by atoms with Crippen LogP contribution in [0.1, 0.15) is 38.5 Å². The van der Waals surface area contributed by atoms with E-state index in [2.05, 4.69) is 23.3 Å². The first kappa shape index (κ1) is 27.2. The van der Waals surface area contributed by atoms with Crippen LogP contribution in [-0.2, 0) is 28.8 Å². The molecule has 13 nitrogen and oxygen atoms in total. The molecule has 1 saturated heterocycles. The minimum atomic E-state index is -1.32. The van der Waals surface area contributed by atoms with Crippen molar-refractivity contribution >= 4 is 48.3 Å². The fourth-order valence-electron chi connectivity index (χ4n) is 3.17. The van der Waals surface area contributed by atoms with Crippen molar-refractivity contribution < 1.29 is 44.1 Å². The fourth-order valence-corrected chi connectivity index (χ4v) is 3.42. The molecule has 1 rings (SSSR count). The summed E-state index contributed by atoms with van der Waals surface area (Å²) in [4.78, 5) is 71.7. The van der Waals surface area contributed by atoms with Gasteiger partial charge in [-0.1, -0.05) is 0 Å². The van der Waals surface area contributed by atoms with Crippen LogP contribution in [0.3, 0.4) is 0 Å². The smallest absolute Gasteiger partial charge is 0.326 e. The number of amides is 3. The van der Waals surface area contributed by atoms with Gasteiger partial charge >= 0.3 is 17.9 Å². The van der Waals surface area contributed by atoms with E-state index in [1.807, 2.05) is 0 Å². The van der Waals surface area contributed by atoms with Crippen molar-refractivity contribution in [3.05, 3.63) is 0 Å². The summed E-state index contributed by atoms with van der Waals surface area (Å²) in [7, 11) is 0. The van der Waals surface area contributed by atoms with Gasteiger partial charge in [0.2, 0.25) is 17.7 Å². The first-order chi connectivity index (χ1) is 15.0. The van der Waals surface area contributed by atoms with E-state index in [-0.39, 0.29) is 38.0 Å². The average Bonchev–Trinajstić information content (AvgIpc) is 3.22. The third-order valence-electron chi connectivity index (χ3n) is 4.90. The monoisotopic (exact) mass is 476 g/mol. The van der Waals surface area contributed by atoms with E-state index in [1.54, 1.807) is 0 Å². The number of rotatable bonds is 13. The largest absolute Gasteiger partial charge is 0.481 e. The van der Waals surface area contributed by atoms with E-state index in [4.69, 9.17) is 15.9 Å². The van der Waals surface area contributed by atoms with Gasteiger partial charge in [-0.2, -0.15) is 12.6 Å². The van der Waals surface area contributed by atoms with Crippen LogP contribution in [0.25, 0.3) is 0 Å². The first-order valence-electron chi connectivity index (χ1n) is 9.92. The molecule has 4 unspecified atom stereocenters. The van der Waals surface area contributed by atoms with Crippen molar-refractivity contribution in [1.82, 2.24) is 15.5 Å². The Bertz CT molecular complexity index is 748. The fraction of sp³-hybridized carbons (Fsp3) is 0.667. The molecule has 7 N–H and O–H groups in total. The minimum Gasteiger partial charge on any atom is -0.481 e.